The number of fused-ring (bicyclic) bond motifs is 5. The number of carbonyl (C=O) groups excluding carboxylic acids is 1. The lowest BCUT2D eigenvalue weighted by atomic mass is 9.53. The van der Waals surface area contributed by atoms with Crippen LogP contribution in [0.15, 0.2) is 18.2 Å². The number of halogens is 1. The lowest BCUT2D eigenvalue weighted by molar-refractivity contribution is -0.154. The van der Waals surface area contributed by atoms with Gasteiger partial charge in [0.1, 0.15) is 11.4 Å². The van der Waals surface area contributed by atoms with Gasteiger partial charge in [0, 0.05) is 5.41 Å². The van der Waals surface area contributed by atoms with E-state index in [0.29, 0.717) is 24.2 Å². The Labute approximate surface area is 158 Å². The number of methoxy groups -OCH3 is 1. The van der Waals surface area contributed by atoms with Crippen LogP contribution in [0.2, 0.25) is 0 Å². The van der Waals surface area contributed by atoms with Crippen molar-refractivity contribution in [3.8, 4) is 5.75 Å². The van der Waals surface area contributed by atoms with Gasteiger partial charge in [0.15, 0.2) is 5.78 Å². The Hall–Kier alpha value is -0.870. The second-order valence-electron chi connectivity index (χ2n) is 8.39. The number of alkyl halides is 1. The third-order valence-electron chi connectivity index (χ3n) is 7.67. The summed E-state index contributed by atoms with van der Waals surface area (Å²) in [6.07, 6.45) is 5.82. The van der Waals surface area contributed by atoms with E-state index in [1.165, 1.54) is 11.1 Å². The van der Waals surface area contributed by atoms with Crippen molar-refractivity contribution >= 4 is 21.7 Å². The van der Waals surface area contributed by atoms with Crippen LogP contribution in [0.5, 0.6) is 5.75 Å². The summed E-state index contributed by atoms with van der Waals surface area (Å²) >= 11 is 3.28. The fourth-order valence-corrected chi connectivity index (χ4v) is 6.73. The van der Waals surface area contributed by atoms with Crippen molar-refractivity contribution < 1.29 is 14.6 Å². The van der Waals surface area contributed by atoms with Crippen molar-refractivity contribution in [2.75, 3.05) is 12.4 Å². The summed E-state index contributed by atoms with van der Waals surface area (Å²) in [6.45, 7) is 2.17. The maximum atomic E-state index is 12.5. The minimum absolute atomic E-state index is 0.0307. The molecule has 3 aliphatic rings. The molecule has 1 aromatic rings. The maximum absolute atomic E-state index is 12.5. The predicted octanol–water partition coefficient (Wildman–Crippen LogP) is 4.25. The monoisotopic (exact) mass is 406 g/mol. The smallest absolute Gasteiger partial charge is 0.175 e. The molecule has 4 heteroatoms. The van der Waals surface area contributed by atoms with Gasteiger partial charge in [-0.15, -0.1) is 0 Å². The molecule has 136 valence electrons. The van der Waals surface area contributed by atoms with Crippen molar-refractivity contribution in [3.63, 3.8) is 0 Å². The first-order chi connectivity index (χ1) is 11.9. The van der Waals surface area contributed by atoms with E-state index >= 15 is 0 Å². The minimum atomic E-state index is -1.15. The van der Waals surface area contributed by atoms with Crippen molar-refractivity contribution in [3.05, 3.63) is 29.3 Å². The van der Waals surface area contributed by atoms with E-state index in [2.05, 4.69) is 41.1 Å². The molecule has 0 aliphatic heterocycles. The summed E-state index contributed by atoms with van der Waals surface area (Å²) < 4.78 is 5.39. The standard InChI is InChI=1S/C21H27BrO3/c1-20-9-7-16-15-6-4-14(25-2)11-13(15)3-5-17(16)18(20)8-10-21(20,24)19(23)12-22/h4,6,11,16-18,24H,3,5,7-10,12H2,1-2H3/t16-,17-,18+,20+,21+/m1/s1. The van der Waals surface area contributed by atoms with E-state index in [-0.39, 0.29) is 16.5 Å². The fraction of sp³-hybridized carbons (Fsp3) is 0.667. The lowest BCUT2D eigenvalue weighted by Crippen LogP contribution is -2.55. The predicted molar refractivity (Wildman–Crippen MR) is 101 cm³/mol. The second kappa shape index (κ2) is 6.09. The van der Waals surface area contributed by atoms with Gasteiger partial charge in [0.25, 0.3) is 0 Å². The van der Waals surface area contributed by atoms with Crippen LogP contribution in [-0.4, -0.2) is 28.9 Å². The first-order valence-corrected chi connectivity index (χ1v) is 10.5. The van der Waals surface area contributed by atoms with Gasteiger partial charge in [-0.2, -0.15) is 0 Å². The summed E-state index contributed by atoms with van der Waals surface area (Å²) in [7, 11) is 1.72. The van der Waals surface area contributed by atoms with Crippen LogP contribution < -0.4 is 4.74 Å². The molecule has 0 heterocycles. The normalized spacial score (nSPS) is 39.3. The van der Waals surface area contributed by atoms with Crippen LogP contribution in [-0.2, 0) is 11.2 Å². The van der Waals surface area contributed by atoms with E-state index in [4.69, 9.17) is 4.74 Å². The molecule has 3 aliphatic carbocycles. The fourth-order valence-electron chi connectivity index (χ4n) is 6.27. The molecule has 2 fully saturated rings. The maximum Gasteiger partial charge on any atom is 0.175 e. The Morgan fingerprint density at radius 3 is 2.84 bits per heavy atom. The van der Waals surface area contributed by atoms with E-state index in [0.717, 1.165) is 37.9 Å². The van der Waals surface area contributed by atoms with E-state index in [1.54, 1.807) is 7.11 Å². The molecule has 1 N–H and O–H groups in total. The molecule has 5 atom stereocenters. The lowest BCUT2D eigenvalue weighted by Gasteiger charge is -2.52. The molecule has 2 saturated carbocycles. The zero-order valence-corrected chi connectivity index (χ0v) is 16.6. The topological polar surface area (TPSA) is 46.5 Å². The van der Waals surface area contributed by atoms with Gasteiger partial charge in [0.05, 0.1) is 12.4 Å². The molecule has 1 aromatic carbocycles. The molecule has 25 heavy (non-hydrogen) atoms. The van der Waals surface area contributed by atoms with Crippen molar-refractivity contribution in [2.45, 2.75) is 57.0 Å². The minimum Gasteiger partial charge on any atom is -0.497 e. The SMILES string of the molecule is COc1ccc2c(c1)CC[C@@H]1[C@@H]2CC[C@@]2(C)[C@H]1CC[C@]2(O)C(=O)CBr. The Morgan fingerprint density at radius 2 is 2.12 bits per heavy atom. The highest BCUT2D eigenvalue weighted by molar-refractivity contribution is 9.09. The summed E-state index contributed by atoms with van der Waals surface area (Å²) in [5.74, 6) is 2.49. The van der Waals surface area contributed by atoms with Crippen LogP contribution >= 0.6 is 15.9 Å². The number of hydrogen-bond donors (Lipinski definition) is 1. The van der Waals surface area contributed by atoms with E-state index in [1.807, 2.05) is 0 Å². The molecule has 0 aromatic heterocycles. The van der Waals surface area contributed by atoms with Gasteiger partial charge >= 0.3 is 0 Å². The van der Waals surface area contributed by atoms with Crippen LogP contribution in [0, 0.1) is 17.3 Å². The van der Waals surface area contributed by atoms with Gasteiger partial charge in [-0.3, -0.25) is 4.79 Å². The first kappa shape index (κ1) is 17.5. The molecule has 0 amide bonds. The van der Waals surface area contributed by atoms with E-state index in [9.17, 15) is 9.90 Å². The highest BCUT2D eigenvalue weighted by Gasteiger charge is 2.63. The van der Waals surface area contributed by atoms with Gasteiger partial charge in [-0.05, 0) is 79.5 Å². The summed E-state index contributed by atoms with van der Waals surface area (Å²) in [4.78, 5) is 12.5. The van der Waals surface area contributed by atoms with Gasteiger partial charge < -0.3 is 9.84 Å². The Balaban J connectivity index is 1.67. The third-order valence-corrected chi connectivity index (χ3v) is 8.18. The Kier molecular flexibility index (Phi) is 4.27. The average molecular weight is 407 g/mol. The number of benzene rings is 1. The molecule has 0 unspecified atom stereocenters. The van der Waals surface area contributed by atoms with Crippen molar-refractivity contribution in [2.24, 2.45) is 17.3 Å². The number of aliphatic hydroxyl groups is 1. The average Bonchev–Trinajstić information content (AvgIpc) is 2.92. The van der Waals surface area contributed by atoms with Gasteiger partial charge in [0.2, 0.25) is 0 Å². The largest absolute Gasteiger partial charge is 0.497 e. The zero-order chi connectivity index (χ0) is 17.8. The molecule has 0 spiro atoms. The summed E-state index contributed by atoms with van der Waals surface area (Å²) in [5.41, 5.74) is 1.48. The molecule has 4 rings (SSSR count). The molecule has 0 saturated heterocycles. The highest BCUT2D eigenvalue weighted by atomic mass is 79.9. The highest BCUT2D eigenvalue weighted by Crippen LogP contribution is 2.64. The summed E-state index contributed by atoms with van der Waals surface area (Å²) in [5, 5.41) is 11.5. The summed E-state index contributed by atoms with van der Waals surface area (Å²) in [6, 6.07) is 6.52. The Bertz CT molecular complexity index is 702. The van der Waals surface area contributed by atoms with Crippen molar-refractivity contribution in [1.29, 1.82) is 0 Å². The van der Waals surface area contributed by atoms with Crippen LogP contribution in [0.25, 0.3) is 0 Å². The molecular weight excluding hydrogens is 380 g/mol. The first-order valence-electron chi connectivity index (χ1n) is 9.43. The van der Waals surface area contributed by atoms with Crippen molar-refractivity contribution in [1.82, 2.24) is 0 Å². The van der Waals surface area contributed by atoms with Crippen LogP contribution in [0.4, 0.5) is 0 Å². The number of ketones is 1. The number of Topliss-reactive ketones (excluding diaryl/α,β-unsaturated/α-hetero) is 1. The van der Waals surface area contributed by atoms with Gasteiger partial charge in [-0.1, -0.05) is 28.9 Å². The second-order valence-corrected chi connectivity index (χ2v) is 8.95. The molecule has 0 radical (unpaired) electrons. The molecule has 3 nitrogen and oxygen atoms in total. The zero-order valence-electron chi connectivity index (χ0n) is 15.1. The number of rotatable bonds is 3. The van der Waals surface area contributed by atoms with Crippen LogP contribution in [0.3, 0.4) is 0 Å². The number of aryl methyl sites for hydroxylation is 1. The number of hydrogen-bond acceptors (Lipinski definition) is 3. The van der Waals surface area contributed by atoms with E-state index < -0.39 is 5.60 Å². The molecular formula is C21H27BrO3. The Morgan fingerprint density at radius 1 is 1.32 bits per heavy atom. The quantitative estimate of drug-likeness (QED) is 0.763. The molecule has 0 bridgehead atoms. The number of ether oxygens (including phenoxy) is 1. The third kappa shape index (κ3) is 2.36. The number of carbonyl (C=O) groups is 1. The van der Waals surface area contributed by atoms with Gasteiger partial charge in [-0.25, -0.2) is 0 Å². The van der Waals surface area contributed by atoms with Crippen LogP contribution in [0.1, 0.15) is 56.1 Å².